The number of rotatable bonds is 10. The third kappa shape index (κ3) is 10.7. The molecular formula is C72H51F3N10O6. The van der Waals surface area contributed by atoms with E-state index in [1.165, 1.54) is 58.6 Å². The number of imidazole rings is 1. The Bertz CT molecular complexity index is 4990. The van der Waals surface area contributed by atoms with E-state index in [2.05, 4.69) is 25.3 Å². The van der Waals surface area contributed by atoms with Crippen LogP contribution in [0.5, 0.6) is 0 Å². The number of hydrogen-bond acceptors (Lipinski definition) is 11. The molecule has 15 rings (SSSR count). The number of benzene rings is 8. The van der Waals surface area contributed by atoms with E-state index in [-0.39, 0.29) is 40.4 Å². The number of halogens is 3. The Kier molecular flexibility index (Phi) is 15.3. The first-order valence-electron chi connectivity index (χ1n) is 29.0. The molecule has 3 atom stereocenters. The van der Waals surface area contributed by atoms with Gasteiger partial charge in [-0.2, -0.15) is 9.46 Å². The number of nitrogens with one attached hydrogen (secondary N) is 2. The minimum absolute atomic E-state index is 0.178. The maximum absolute atomic E-state index is 13.9. The van der Waals surface area contributed by atoms with Crippen LogP contribution < -0.4 is 14.8 Å². The van der Waals surface area contributed by atoms with Gasteiger partial charge in [0, 0.05) is 67.7 Å². The number of aromatic nitrogens is 7. The lowest BCUT2D eigenvalue weighted by Crippen LogP contribution is -2.37. The first-order chi connectivity index (χ1) is 44.1. The average Bonchev–Trinajstić information content (AvgIpc) is 1.81. The van der Waals surface area contributed by atoms with Gasteiger partial charge < -0.3 is 20.7 Å². The third-order valence-corrected chi connectivity index (χ3v) is 16.3. The minimum Gasteiger partial charge on any atom is -0.618 e. The highest BCUT2D eigenvalue weighted by atomic mass is 19.1. The fourth-order valence-corrected chi connectivity index (χ4v) is 11.8. The van der Waals surface area contributed by atoms with Crippen molar-refractivity contribution in [2.75, 3.05) is 5.32 Å². The highest BCUT2D eigenvalue weighted by molar-refractivity contribution is 6.22. The number of pyridine rings is 3. The summed E-state index contributed by atoms with van der Waals surface area (Å²) in [5, 5.41) is 32.0. The van der Waals surface area contributed by atoms with Gasteiger partial charge in [0.15, 0.2) is 11.5 Å². The lowest BCUT2D eigenvalue weighted by molar-refractivity contribution is -0.565. The standard InChI is InChI=1S/C25H17FN2O3.C25H17FN2O2.C22H17FN6O/c1-15(27-24(29)19-9-5-6-10-20(19)25(27)30)21-13-17-11-12-18(26)14-22(17)28(31)23(21)16-7-3-2-4-8-16;1-15(28-24(29)19-9-5-6-10-20(19)25(28)30)21-13-17-11-12-18(26)14-22(17)27-23(21)16-7-3-2-4-8-16;1-13(28-22-19-21(25-11-24-19)26-12-27-22)17-9-15-7-8-16(23)10-18(15)29(30)20(17)14-5-3-2-4-6-14/h2-15H,1H3;2-15H,1H3;2-13H,1H3,(H2,24,25,26,27,28)/t2*15-;13-/m000/s1. The largest absolute Gasteiger partial charge is 0.618 e. The molecular weight excluding hydrogens is 1160 g/mol. The Hall–Kier alpha value is -12.0. The number of aromatic amines is 1. The van der Waals surface area contributed by atoms with E-state index in [4.69, 9.17) is 4.98 Å². The maximum atomic E-state index is 13.9. The summed E-state index contributed by atoms with van der Waals surface area (Å²) >= 11 is 0. The fourth-order valence-electron chi connectivity index (χ4n) is 11.8. The molecule has 19 heteroatoms. The van der Waals surface area contributed by atoms with Crippen molar-refractivity contribution < 1.29 is 41.8 Å². The van der Waals surface area contributed by atoms with Gasteiger partial charge in [-0.25, -0.2) is 33.1 Å². The predicted octanol–water partition coefficient (Wildman–Crippen LogP) is 14.2. The molecule has 7 heterocycles. The number of nitrogens with zero attached hydrogens (tertiary/aromatic N) is 8. The minimum atomic E-state index is -0.711. The molecule has 2 N–H and O–H groups in total. The summed E-state index contributed by atoms with van der Waals surface area (Å²) in [6, 6.07) is 57.9. The number of fused-ring (bicyclic) bond motifs is 6. The van der Waals surface area contributed by atoms with Crippen molar-refractivity contribution in [2.24, 2.45) is 0 Å². The molecule has 0 aliphatic carbocycles. The van der Waals surface area contributed by atoms with E-state index in [1.54, 1.807) is 104 Å². The SMILES string of the molecule is C[C@@H](c1cc2ccc(F)cc2[n+]([O-])c1-c1ccccc1)N1C(=O)c2ccccc2C1=O.C[C@@H](c1cc2ccc(F)cc2nc1-c1ccccc1)N1C(=O)c2ccccc2C1=O.C[C@H](Nc1ncnc2nc[nH]c12)c1cc2ccc(F)cc2[n+]([O-])c1-c1ccccc1. The molecule has 0 saturated heterocycles. The number of carbonyl (C=O) groups excluding carboxylic acids is 4. The zero-order valence-electron chi connectivity index (χ0n) is 48.8. The summed E-state index contributed by atoms with van der Waals surface area (Å²) < 4.78 is 43.0. The van der Waals surface area contributed by atoms with E-state index < -0.39 is 35.5 Å². The molecule has 0 saturated carbocycles. The second-order valence-electron chi connectivity index (χ2n) is 21.8. The Morgan fingerprint density at radius 2 is 0.879 bits per heavy atom. The molecule has 0 radical (unpaired) electrons. The van der Waals surface area contributed by atoms with Crippen molar-refractivity contribution in [1.82, 2.24) is 34.7 Å². The molecule has 0 unspecified atom stereocenters. The number of anilines is 1. The van der Waals surface area contributed by atoms with Crippen LogP contribution in [0.1, 0.15) is 97.0 Å². The van der Waals surface area contributed by atoms with Gasteiger partial charge in [0.2, 0.25) is 22.4 Å². The van der Waals surface area contributed by atoms with Gasteiger partial charge in [-0.1, -0.05) is 91.0 Å². The fraction of sp³-hybridized carbons (Fsp3) is 0.0833. The molecule has 4 amide bonds. The summed E-state index contributed by atoms with van der Waals surface area (Å²) in [4.78, 5) is 74.9. The predicted molar refractivity (Wildman–Crippen MR) is 338 cm³/mol. The second kappa shape index (κ2) is 23.9. The van der Waals surface area contributed by atoms with Crippen LogP contribution >= 0.6 is 0 Å². The van der Waals surface area contributed by atoms with Gasteiger partial charge in [-0.05, 0) is 124 Å². The number of hydrogen-bond donors (Lipinski definition) is 2. The molecule has 16 nitrogen and oxygen atoms in total. The van der Waals surface area contributed by atoms with Crippen molar-refractivity contribution in [3.8, 4) is 33.8 Å². The Labute approximate surface area is 517 Å². The van der Waals surface area contributed by atoms with E-state index in [1.807, 2.05) is 92.7 Å². The van der Waals surface area contributed by atoms with Gasteiger partial charge >= 0.3 is 0 Å². The molecule has 0 spiro atoms. The second-order valence-corrected chi connectivity index (χ2v) is 21.8. The van der Waals surface area contributed by atoms with Crippen LogP contribution in [0.3, 0.4) is 0 Å². The molecule has 2 aliphatic rings. The number of amides is 4. The lowest BCUT2D eigenvalue weighted by atomic mass is 9.97. The number of imide groups is 2. The third-order valence-electron chi connectivity index (χ3n) is 16.3. The lowest BCUT2D eigenvalue weighted by Gasteiger charge is -2.25. The van der Waals surface area contributed by atoms with Crippen LogP contribution in [0.4, 0.5) is 19.0 Å². The Balaban J connectivity index is 0.000000125. The summed E-state index contributed by atoms with van der Waals surface area (Å²) in [5.41, 5.74) is 9.29. The molecule has 91 heavy (non-hydrogen) atoms. The van der Waals surface area contributed by atoms with Gasteiger partial charge in [-0.15, -0.1) is 0 Å². The summed E-state index contributed by atoms with van der Waals surface area (Å²) in [7, 11) is 0. The summed E-state index contributed by atoms with van der Waals surface area (Å²) in [5.74, 6) is -2.18. The summed E-state index contributed by atoms with van der Waals surface area (Å²) in [6.45, 7) is 5.49. The molecule has 446 valence electrons. The topological polar surface area (TPSA) is 208 Å². The first kappa shape index (κ1) is 58.1. The van der Waals surface area contributed by atoms with Gasteiger partial charge in [0.25, 0.3) is 23.6 Å². The molecule has 8 aromatic carbocycles. The Morgan fingerprint density at radius 3 is 1.38 bits per heavy atom. The van der Waals surface area contributed by atoms with E-state index in [9.17, 15) is 42.8 Å². The summed E-state index contributed by atoms with van der Waals surface area (Å²) in [6.07, 6.45) is 2.99. The quantitative estimate of drug-likeness (QED) is 0.0748. The zero-order valence-corrected chi connectivity index (χ0v) is 48.8. The van der Waals surface area contributed by atoms with Crippen LogP contribution in [-0.2, 0) is 0 Å². The average molecular weight is 1210 g/mol. The Morgan fingerprint density at radius 1 is 0.462 bits per heavy atom. The normalized spacial score (nSPS) is 13.6. The maximum Gasteiger partial charge on any atom is 0.262 e. The molecule has 0 fully saturated rings. The van der Waals surface area contributed by atoms with Gasteiger partial charge in [0.05, 0.1) is 57.9 Å². The van der Waals surface area contributed by atoms with Crippen molar-refractivity contribution >= 4 is 73.3 Å². The highest BCUT2D eigenvalue weighted by Gasteiger charge is 2.42. The van der Waals surface area contributed by atoms with Gasteiger partial charge in [0.1, 0.15) is 29.3 Å². The van der Waals surface area contributed by atoms with Crippen molar-refractivity contribution in [2.45, 2.75) is 38.9 Å². The smallest absolute Gasteiger partial charge is 0.262 e. The molecule has 5 aromatic heterocycles. The molecule has 13 aromatic rings. The van der Waals surface area contributed by atoms with Crippen molar-refractivity contribution in [3.05, 3.63) is 292 Å². The van der Waals surface area contributed by atoms with E-state index in [0.717, 1.165) is 32.4 Å². The first-order valence-corrected chi connectivity index (χ1v) is 29.0. The van der Waals surface area contributed by atoms with Crippen LogP contribution in [0.2, 0.25) is 0 Å². The van der Waals surface area contributed by atoms with Gasteiger partial charge in [-0.3, -0.25) is 29.0 Å². The molecule has 0 bridgehead atoms. The number of carbonyl (C=O) groups is 4. The van der Waals surface area contributed by atoms with Crippen LogP contribution in [-0.4, -0.2) is 58.3 Å². The monoisotopic (exact) mass is 1210 g/mol. The van der Waals surface area contributed by atoms with E-state index in [0.29, 0.717) is 82.8 Å². The van der Waals surface area contributed by atoms with Crippen molar-refractivity contribution in [1.29, 1.82) is 0 Å². The highest BCUT2D eigenvalue weighted by Crippen LogP contribution is 2.39. The van der Waals surface area contributed by atoms with Crippen molar-refractivity contribution in [3.63, 3.8) is 0 Å². The van der Waals surface area contributed by atoms with E-state index >= 15 is 0 Å². The van der Waals surface area contributed by atoms with Crippen LogP contribution in [0.25, 0.3) is 77.6 Å². The number of H-pyrrole nitrogens is 1. The molecule has 2 aliphatic heterocycles. The van der Waals surface area contributed by atoms with Crippen LogP contribution in [0.15, 0.2) is 225 Å². The van der Waals surface area contributed by atoms with Crippen LogP contribution in [0, 0.1) is 27.9 Å². The zero-order chi connectivity index (χ0) is 63.2.